The number of aryl methyl sites for hydroxylation is 1. The van der Waals surface area contributed by atoms with Gasteiger partial charge in [0.25, 0.3) is 0 Å². The van der Waals surface area contributed by atoms with Crippen LogP contribution in [0.1, 0.15) is 38.7 Å². The van der Waals surface area contributed by atoms with Gasteiger partial charge in [-0.1, -0.05) is 74.4 Å². The molecule has 0 aliphatic carbocycles. The van der Waals surface area contributed by atoms with Crippen LogP contribution in [0.4, 0.5) is 4.39 Å². The first-order valence-electron chi connectivity index (χ1n) is 9.78. The first-order chi connectivity index (χ1) is 13.2. The Morgan fingerprint density at radius 2 is 1.78 bits per heavy atom. The van der Waals surface area contributed by atoms with Crippen molar-refractivity contribution in [1.82, 2.24) is 0 Å². The maximum atomic E-state index is 15.1. The zero-order valence-corrected chi connectivity index (χ0v) is 16.2. The molecule has 0 saturated heterocycles. The van der Waals surface area contributed by atoms with Gasteiger partial charge in [-0.3, -0.25) is 0 Å². The molecule has 3 rings (SSSR count). The number of unbranched alkanes of at least 4 members (excludes halogenated alkanes) is 2. The number of hydrogen-bond donors (Lipinski definition) is 0. The molecule has 0 amide bonds. The molecule has 0 aliphatic rings. The van der Waals surface area contributed by atoms with Crippen molar-refractivity contribution in [2.45, 2.75) is 39.5 Å². The van der Waals surface area contributed by atoms with Crippen molar-refractivity contribution in [2.24, 2.45) is 0 Å². The number of ether oxygens (including phenoxy) is 1. The van der Waals surface area contributed by atoms with Crippen LogP contribution in [0.3, 0.4) is 0 Å². The van der Waals surface area contributed by atoms with Crippen LogP contribution in [0.15, 0.2) is 66.7 Å². The normalized spacial score (nSPS) is 11.4. The molecule has 0 aromatic heterocycles. The van der Waals surface area contributed by atoms with Gasteiger partial charge in [-0.2, -0.15) is 0 Å². The average molecular weight is 362 g/mol. The minimum atomic E-state index is -0.157. The van der Waals surface area contributed by atoms with Gasteiger partial charge in [-0.15, -0.1) is 0 Å². The third kappa shape index (κ3) is 4.77. The average Bonchev–Trinajstić information content (AvgIpc) is 2.69. The Kier molecular flexibility index (Phi) is 6.64. The van der Waals surface area contributed by atoms with Crippen molar-refractivity contribution in [2.75, 3.05) is 6.61 Å². The Hall–Kier alpha value is -2.61. The topological polar surface area (TPSA) is 9.23 Å². The highest BCUT2D eigenvalue weighted by Gasteiger charge is 2.10. The highest BCUT2D eigenvalue weighted by atomic mass is 19.1. The Labute approximate surface area is 161 Å². The summed E-state index contributed by atoms with van der Waals surface area (Å²) in [7, 11) is 0. The summed E-state index contributed by atoms with van der Waals surface area (Å²) in [4.78, 5) is 0. The van der Waals surface area contributed by atoms with Crippen LogP contribution in [0, 0.1) is 5.82 Å². The lowest BCUT2D eigenvalue weighted by Gasteiger charge is -2.10. The van der Waals surface area contributed by atoms with Crippen LogP contribution in [-0.2, 0) is 6.42 Å². The van der Waals surface area contributed by atoms with E-state index in [0.717, 1.165) is 23.1 Å². The summed E-state index contributed by atoms with van der Waals surface area (Å²) >= 11 is 0. The lowest BCUT2D eigenvalue weighted by atomic mass is 9.97. The molecule has 0 bridgehead atoms. The van der Waals surface area contributed by atoms with E-state index in [9.17, 15) is 0 Å². The van der Waals surface area contributed by atoms with E-state index >= 15 is 4.39 Å². The van der Waals surface area contributed by atoms with Crippen LogP contribution in [-0.4, -0.2) is 6.61 Å². The predicted octanol–water partition coefficient (Wildman–Crippen LogP) is 7.33. The van der Waals surface area contributed by atoms with Gasteiger partial charge in [-0.25, -0.2) is 4.39 Å². The molecule has 0 N–H and O–H groups in total. The Morgan fingerprint density at radius 3 is 2.52 bits per heavy atom. The first-order valence-corrected chi connectivity index (χ1v) is 9.78. The van der Waals surface area contributed by atoms with E-state index in [1.165, 1.54) is 24.8 Å². The molecule has 3 aromatic carbocycles. The number of fused-ring (bicyclic) bond motifs is 1. The summed E-state index contributed by atoms with van der Waals surface area (Å²) in [5, 5.41) is 1.65. The Morgan fingerprint density at radius 1 is 0.963 bits per heavy atom. The second-order valence-corrected chi connectivity index (χ2v) is 6.84. The molecule has 3 aromatic rings. The summed E-state index contributed by atoms with van der Waals surface area (Å²) < 4.78 is 20.7. The molecule has 0 unspecified atom stereocenters. The highest BCUT2D eigenvalue weighted by Crippen LogP contribution is 2.30. The van der Waals surface area contributed by atoms with Crippen molar-refractivity contribution in [3.05, 3.63) is 78.1 Å². The molecule has 0 spiro atoms. The number of rotatable bonds is 8. The smallest absolute Gasteiger partial charge is 0.138 e. The van der Waals surface area contributed by atoms with Gasteiger partial charge in [-0.05, 0) is 48.4 Å². The first kappa shape index (κ1) is 19.2. The van der Waals surface area contributed by atoms with E-state index in [1.807, 2.05) is 61.5 Å². The fraction of sp³-hybridized carbons (Fsp3) is 0.280. The van der Waals surface area contributed by atoms with Gasteiger partial charge in [0.05, 0.1) is 0 Å². The zero-order chi connectivity index (χ0) is 19.1. The number of halogens is 1. The van der Waals surface area contributed by atoms with Crippen molar-refractivity contribution < 1.29 is 9.13 Å². The molecular weight excluding hydrogens is 335 g/mol. The summed E-state index contributed by atoms with van der Waals surface area (Å²) in [6, 6.07) is 17.6. The Balaban J connectivity index is 1.82. The third-order valence-corrected chi connectivity index (χ3v) is 4.83. The molecule has 0 saturated carbocycles. The summed E-state index contributed by atoms with van der Waals surface area (Å²) in [6.45, 7) is 4.71. The molecule has 140 valence electrons. The summed E-state index contributed by atoms with van der Waals surface area (Å²) in [5.74, 6) is 0.630. The SMILES string of the molecule is CC=CCOc1ccc(-c2ccc3cc(CCCCC)ccc3c2F)cc1. The minimum Gasteiger partial charge on any atom is -0.490 e. The minimum absolute atomic E-state index is 0.157. The fourth-order valence-corrected chi connectivity index (χ4v) is 3.27. The third-order valence-electron chi connectivity index (χ3n) is 4.83. The number of allylic oxidation sites excluding steroid dienone is 1. The fourth-order valence-electron chi connectivity index (χ4n) is 3.27. The van der Waals surface area contributed by atoms with E-state index in [4.69, 9.17) is 4.74 Å². The van der Waals surface area contributed by atoms with Gasteiger partial charge in [0, 0.05) is 10.9 Å². The molecule has 0 fully saturated rings. The molecule has 0 aliphatic heterocycles. The second kappa shape index (κ2) is 9.36. The summed E-state index contributed by atoms with van der Waals surface area (Å²) in [5.41, 5.74) is 2.77. The van der Waals surface area contributed by atoms with Crippen molar-refractivity contribution in [3.63, 3.8) is 0 Å². The van der Waals surface area contributed by atoms with E-state index in [-0.39, 0.29) is 5.82 Å². The number of hydrogen-bond acceptors (Lipinski definition) is 1. The molecular formula is C25H27FO. The second-order valence-electron chi connectivity index (χ2n) is 6.84. The Bertz CT molecular complexity index is 910. The lowest BCUT2D eigenvalue weighted by Crippen LogP contribution is -1.93. The monoisotopic (exact) mass is 362 g/mol. The van der Waals surface area contributed by atoms with Crippen LogP contribution in [0.25, 0.3) is 21.9 Å². The largest absolute Gasteiger partial charge is 0.490 e. The summed E-state index contributed by atoms with van der Waals surface area (Å²) in [6.07, 6.45) is 8.60. The maximum absolute atomic E-state index is 15.1. The van der Waals surface area contributed by atoms with Gasteiger partial charge in [0.15, 0.2) is 0 Å². The van der Waals surface area contributed by atoms with Gasteiger partial charge in [0.2, 0.25) is 0 Å². The molecule has 0 heterocycles. The van der Waals surface area contributed by atoms with Gasteiger partial charge in [0.1, 0.15) is 18.2 Å². The standard InChI is InChI=1S/C25H27FO/c1-3-5-7-8-19-9-15-24-21(18-19)12-16-23(25(24)26)20-10-13-22(14-11-20)27-17-6-4-2/h4,6,9-16,18H,3,5,7-8,17H2,1-2H3. The molecule has 27 heavy (non-hydrogen) atoms. The van der Waals surface area contributed by atoms with Crippen LogP contribution >= 0.6 is 0 Å². The van der Waals surface area contributed by atoms with E-state index in [0.29, 0.717) is 17.6 Å². The van der Waals surface area contributed by atoms with Crippen LogP contribution in [0.5, 0.6) is 5.75 Å². The number of benzene rings is 3. The lowest BCUT2D eigenvalue weighted by molar-refractivity contribution is 0.363. The molecule has 1 nitrogen and oxygen atoms in total. The molecule has 0 radical (unpaired) electrons. The van der Waals surface area contributed by atoms with Crippen LogP contribution in [0.2, 0.25) is 0 Å². The van der Waals surface area contributed by atoms with Gasteiger partial charge >= 0.3 is 0 Å². The van der Waals surface area contributed by atoms with Gasteiger partial charge < -0.3 is 4.74 Å². The molecule has 0 atom stereocenters. The van der Waals surface area contributed by atoms with E-state index < -0.39 is 0 Å². The quantitative estimate of drug-likeness (QED) is 0.301. The predicted molar refractivity (Wildman–Crippen MR) is 113 cm³/mol. The van der Waals surface area contributed by atoms with Crippen LogP contribution < -0.4 is 4.74 Å². The van der Waals surface area contributed by atoms with Crippen molar-refractivity contribution in [3.8, 4) is 16.9 Å². The maximum Gasteiger partial charge on any atom is 0.138 e. The van der Waals surface area contributed by atoms with Crippen molar-refractivity contribution in [1.29, 1.82) is 0 Å². The molecule has 2 heteroatoms. The highest BCUT2D eigenvalue weighted by molar-refractivity contribution is 5.88. The van der Waals surface area contributed by atoms with E-state index in [1.54, 1.807) is 0 Å². The van der Waals surface area contributed by atoms with Crippen molar-refractivity contribution >= 4 is 10.8 Å². The van der Waals surface area contributed by atoms with E-state index in [2.05, 4.69) is 19.1 Å². The zero-order valence-electron chi connectivity index (χ0n) is 16.2.